The molecule has 0 aliphatic carbocycles. The third-order valence-corrected chi connectivity index (χ3v) is 4.39. The lowest BCUT2D eigenvalue weighted by Crippen LogP contribution is -2.43. The van der Waals surface area contributed by atoms with Gasteiger partial charge >= 0.3 is 6.09 Å². The fourth-order valence-electron chi connectivity index (χ4n) is 2.88. The molecular formula is C18H25NO3. The van der Waals surface area contributed by atoms with Crippen LogP contribution in [-0.4, -0.2) is 29.5 Å². The number of hydrogen-bond acceptors (Lipinski definition) is 3. The van der Waals surface area contributed by atoms with Crippen LogP contribution >= 0.6 is 0 Å². The molecule has 1 aliphatic heterocycles. The van der Waals surface area contributed by atoms with Crippen molar-refractivity contribution in [3.05, 3.63) is 35.9 Å². The van der Waals surface area contributed by atoms with Crippen LogP contribution in [0, 0.1) is 11.8 Å². The SMILES string of the molecule is CC[C@H](C)C[C@@H](C)C(=O)N1C(=O)OC[C@@H]1Cc1ccccc1. The molecular weight excluding hydrogens is 278 g/mol. The van der Waals surface area contributed by atoms with Gasteiger partial charge in [0.05, 0.1) is 6.04 Å². The van der Waals surface area contributed by atoms with Crippen LogP contribution in [0.5, 0.6) is 0 Å². The zero-order chi connectivity index (χ0) is 16.1. The molecule has 1 aromatic rings. The highest BCUT2D eigenvalue weighted by Crippen LogP contribution is 2.23. The van der Waals surface area contributed by atoms with Gasteiger partial charge in [-0.1, -0.05) is 57.5 Å². The lowest BCUT2D eigenvalue weighted by atomic mass is 9.94. The van der Waals surface area contributed by atoms with Gasteiger partial charge in [-0.3, -0.25) is 4.79 Å². The summed E-state index contributed by atoms with van der Waals surface area (Å²) in [5.41, 5.74) is 1.11. The van der Waals surface area contributed by atoms with E-state index in [1.54, 1.807) is 0 Å². The van der Waals surface area contributed by atoms with E-state index in [9.17, 15) is 9.59 Å². The monoisotopic (exact) mass is 303 g/mol. The summed E-state index contributed by atoms with van der Waals surface area (Å²) in [6.07, 6.45) is 1.99. The minimum atomic E-state index is -0.498. The Balaban J connectivity index is 2.05. The molecule has 1 aromatic carbocycles. The highest BCUT2D eigenvalue weighted by atomic mass is 16.6. The van der Waals surface area contributed by atoms with Crippen molar-refractivity contribution >= 4 is 12.0 Å². The molecule has 4 heteroatoms. The Labute approximate surface area is 132 Å². The lowest BCUT2D eigenvalue weighted by molar-refractivity contribution is -0.133. The quantitative estimate of drug-likeness (QED) is 0.806. The third-order valence-electron chi connectivity index (χ3n) is 4.39. The van der Waals surface area contributed by atoms with E-state index in [1.165, 1.54) is 4.90 Å². The van der Waals surface area contributed by atoms with Crippen molar-refractivity contribution in [2.45, 2.75) is 46.1 Å². The normalized spacial score (nSPS) is 20.6. The second-order valence-corrected chi connectivity index (χ2v) is 6.28. The van der Waals surface area contributed by atoms with Crippen molar-refractivity contribution in [1.29, 1.82) is 0 Å². The molecule has 3 atom stereocenters. The maximum absolute atomic E-state index is 12.6. The number of imide groups is 1. The maximum Gasteiger partial charge on any atom is 0.416 e. The number of hydrogen-bond donors (Lipinski definition) is 0. The molecule has 1 aliphatic rings. The van der Waals surface area contributed by atoms with E-state index < -0.39 is 6.09 Å². The van der Waals surface area contributed by atoms with E-state index in [-0.39, 0.29) is 24.5 Å². The van der Waals surface area contributed by atoms with Gasteiger partial charge in [-0.15, -0.1) is 0 Å². The van der Waals surface area contributed by atoms with Gasteiger partial charge in [0.2, 0.25) is 5.91 Å². The minimum absolute atomic E-state index is 0.108. The van der Waals surface area contributed by atoms with Crippen molar-refractivity contribution in [3.8, 4) is 0 Å². The summed E-state index contributed by atoms with van der Waals surface area (Å²) in [4.78, 5) is 25.9. The second kappa shape index (κ2) is 7.43. The molecule has 2 amide bonds. The molecule has 1 heterocycles. The van der Waals surface area contributed by atoms with Gasteiger partial charge in [0.25, 0.3) is 0 Å². The summed E-state index contributed by atoms with van der Waals surface area (Å²) >= 11 is 0. The maximum atomic E-state index is 12.6. The molecule has 0 spiro atoms. The van der Waals surface area contributed by atoms with E-state index in [0.29, 0.717) is 12.3 Å². The molecule has 0 N–H and O–H groups in total. The lowest BCUT2D eigenvalue weighted by Gasteiger charge is -2.24. The first-order chi connectivity index (χ1) is 10.5. The molecule has 4 nitrogen and oxygen atoms in total. The standard InChI is InChI=1S/C18H25NO3/c1-4-13(2)10-14(3)17(20)19-16(12-22-18(19)21)11-15-8-6-5-7-9-15/h5-9,13-14,16H,4,10-12H2,1-3H3/t13-,14+,16-/m0/s1. The Kier molecular flexibility index (Phi) is 5.58. The van der Waals surface area contributed by atoms with Gasteiger partial charge < -0.3 is 4.74 Å². The summed E-state index contributed by atoms with van der Waals surface area (Å²) in [5.74, 6) is 0.216. The van der Waals surface area contributed by atoms with Crippen molar-refractivity contribution in [3.63, 3.8) is 0 Å². The molecule has 22 heavy (non-hydrogen) atoms. The first kappa shape index (κ1) is 16.5. The Morgan fingerprint density at radius 1 is 1.32 bits per heavy atom. The number of carbonyl (C=O) groups excluding carboxylic acids is 2. The van der Waals surface area contributed by atoms with Crippen LogP contribution in [0.1, 0.15) is 39.2 Å². The molecule has 0 bridgehead atoms. The van der Waals surface area contributed by atoms with Crippen LogP contribution in [0.15, 0.2) is 30.3 Å². The summed E-state index contributed by atoms with van der Waals surface area (Å²) in [7, 11) is 0. The van der Waals surface area contributed by atoms with Crippen molar-refractivity contribution < 1.29 is 14.3 Å². The molecule has 0 unspecified atom stereocenters. The summed E-state index contributed by atoms with van der Waals surface area (Å²) < 4.78 is 5.12. The van der Waals surface area contributed by atoms with Gasteiger partial charge in [-0.25, -0.2) is 9.69 Å². The van der Waals surface area contributed by atoms with Gasteiger partial charge in [-0.05, 0) is 24.3 Å². The van der Waals surface area contributed by atoms with Crippen LogP contribution in [0.3, 0.4) is 0 Å². The first-order valence-electron chi connectivity index (χ1n) is 8.06. The molecule has 1 saturated heterocycles. The number of benzene rings is 1. The first-order valence-corrected chi connectivity index (χ1v) is 8.06. The van der Waals surface area contributed by atoms with Crippen LogP contribution in [0.4, 0.5) is 4.79 Å². The van der Waals surface area contributed by atoms with E-state index in [0.717, 1.165) is 18.4 Å². The van der Waals surface area contributed by atoms with E-state index in [4.69, 9.17) is 4.74 Å². The Morgan fingerprint density at radius 2 is 2.00 bits per heavy atom. The van der Waals surface area contributed by atoms with Crippen molar-refractivity contribution in [2.24, 2.45) is 11.8 Å². The predicted octanol–water partition coefficient (Wildman–Crippen LogP) is 3.65. The van der Waals surface area contributed by atoms with E-state index in [1.807, 2.05) is 37.3 Å². The highest BCUT2D eigenvalue weighted by Gasteiger charge is 2.39. The van der Waals surface area contributed by atoms with Crippen LogP contribution in [0.2, 0.25) is 0 Å². The summed E-state index contributed by atoms with van der Waals surface area (Å²) in [6.45, 7) is 6.44. The van der Waals surface area contributed by atoms with Gasteiger partial charge in [0.15, 0.2) is 0 Å². The van der Waals surface area contributed by atoms with Crippen LogP contribution < -0.4 is 0 Å². The highest BCUT2D eigenvalue weighted by molar-refractivity contribution is 5.94. The molecule has 2 rings (SSSR count). The number of cyclic esters (lactones) is 1. The molecule has 1 fully saturated rings. The van der Waals surface area contributed by atoms with Gasteiger partial charge in [-0.2, -0.15) is 0 Å². The van der Waals surface area contributed by atoms with Gasteiger partial charge in [0.1, 0.15) is 6.61 Å². The number of amides is 2. The van der Waals surface area contributed by atoms with E-state index in [2.05, 4.69) is 13.8 Å². The number of rotatable bonds is 6. The Morgan fingerprint density at radius 3 is 2.64 bits per heavy atom. The third kappa shape index (κ3) is 3.87. The van der Waals surface area contributed by atoms with Crippen LogP contribution in [0.25, 0.3) is 0 Å². The van der Waals surface area contributed by atoms with Gasteiger partial charge in [0, 0.05) is 5.92 Å². The largest absolute Gasteiger partial charge is 0.447 e. The number of ether oxygens (including phenoxy) is 1. The zero-order valence-electron chi connectivity index (χ0n) is 13.6. The van der Waals surface area contributed by atoms with Crippen molar-refractivity contribution in [2.75, 3.05) is 6.61 Å². The van der Waals surface area contributed by atoms with Crippen molar-refractivity contribution in [1.82, 2.24) is 4.90 Å². The fraction of sp³-hybridized carbons (Fsp3) is 0.556. The average Bonchev–Trinajstić information content (AvgIpc) is 2.88. The van der Waals surface area contributed by atoms with Crippen LogP contribution in [-0.2, 0) is 16.0 Å². The number of carbonyl (C=O) groups is 2. The molecule has 120 valence electrons. The molecule has 0 radical (unpaired) electrons. The smallest absolute Gasteiger partial charge is 0.416 e. The van der Waals surface area contributed by atoms with E-state index >= 15 is 0 Å². The molecule has 0 saturated carbocycles. The Hall–Kier alpha value is -1.84. The zero-order valence-corrected chi connectivity index (χ0v) is 13.6. The average molecular weight is 303 g/mol. The Bertz CT molecular complexity index is 514. The summed E-state index contributed by atoms with van der Waals surface area (Å²) in [6, 6.07) is 9.70. The summed E-state index contributed by atoms with van der Waals surface area (Å²) in [5, 5.41) is 0. The fourth-order valence-corrected chi connectivity index (χ4v) is 2.88. The minimum Gasteiger partial charge on any atom is -0.447 e. The second-order valence-electron chi connectivity index (χ2n) is 6.28. The predicted molar refractivity (Wildman–Crippen MR) is 85.4 cm³/mol. The molecule has 0 aromatic heterocycles. The topological polar surface area (TPSA) is 46.6 Å². The number of nitrogens with zero attached hydrogens (tertiary/aromatic N) is 1.